The molecule has 0 aliphatic heterocycles. The van der Waals surface area contributed by atoms with Gasteiger partial charge >= 0.3 is 0 Å². The number of hydrogen-bond donors (Lipinski definition) is 2. The van der Waals surface area contributed by atoms with E-state index in [-0.39, 0.29) is 11.8 Å². The second-order valence-corrected chi connectivity index (χ2v) is 5.46. The van der Waals surface area contributed by atoms with Crippen LogP contribution in [-0.2, 0) is 17.9 Å². The van der Waals surface area contributed by atoms with Crippen molar-refractivity contribution in [2.45, 2.75) is 33.9 Å². The summed E-state index contributed by atoms with van der Waals surface area (Å²) < 4.78 is 0. The molecule has 4 heteroatoms. The maximum absolute atomic E-state index is 11.9. The SMILES string of the molecule is CCN(CC)Cc1cccc(CNC(=O)C(C)CNC)c1. The van der Waals surface area contributed by atoms with Crippen LogP contribution in [-0.4, -0.2) is 37.5 Å². The Morgan fingerprint density at radius 1 is 1.24 bits per heavy atom. The predicted molar refractivity (Wildman–Crippen MR) is 88.0 cm³/mol. The van der Waals surface area contributed by atoms with Crippen molar-refractivity contribution in [3.05, 3.63) is 35.4 Å². The molecule has 0 aliphatic rings. The molecule has 0 aliphatic carbocycles. The summed E-state index contributed by atoms with van der Waals surface area (Å²) in [5, 5.41) is 6.02. The van der Waals surface area contributed by atoms with Crippen LogP contribution in [0.4, 0.5) is 0 Å². The van der Waals surface area contributed by atoms with Crippen molar-refractivity contribution in [3.63, 3.8) is 0 Å². The van der Waals surface area contributed by atoms with E-state index in [0.29, 0.717) is 13.1 Å². The van der Waals surface area contributed by atoms with Gasteiger partial charge < -0.3 is 10.6 Å². The minimum absolute atomic E-state index is 0.00569. The molecule has 0 bridgehead atoms. The lowest BCUT2D eigenvalue weighted by molar-refractivity contribution is -0.124. The number of rotatable bonds is 9. The van der Waals surface area contributed by atoms with Crippen molar-refractivity contribution in [2.75, 3.05) is 26.7 Å². The zero-order valence-corrected chi connectivity index (χ0v) is 13.8. The lowest BCUT2D eigenvalue weighted by atomic mass is 10.1. The van der Waals surface area contributed by atoms with E-state index >= 15 is 0 Å². The number of nitrogens with one attached hydrogen (secondary N) is 2. The van der Waals surface area contributed by atoms with Gasteiger partial charge in [-0.1, -0.05) is 45.0 Å². The van der Waals surface area contributed by atoms with Gasteiger partial charge in [0.2, 0.25) is 5.91 Å². The topological polar surface area (TPSA) is 44.4 Å². The third-order valence-corrected chi connectivity index (χ3v) is 3.72. The predicted octanol–water partition coefficient (Wildman–Crippen LogP) is 2.00. The van der Waals surface area contributed by atoms with Gasteiger partial charge in [-0.3, -0.25) is 9.69 Å². The minimum atomic E-state index is -0.00569. The van der Waals surface area contributed by atoms with Gasteiger partial charge in [0.25, 0.3) is 0 Å². The van der Waals surface area contributed by atoms with E-state index in [4.69, 9.17) is 0 Å². The summed E-state index contributed by atoms with van der Waals surface area (Å²) in [5.74, 6) is 0.0901. The standard InChI is InChI=1S/C17H29N3O/c1-5-20(6-2)13-16-9-7-8-15(10-16)12-19-17(21)14(3)11-18-4/h7-10,14,18H,5-6,11-13H2,1-4H3,(H,19,21). The first-order valence-corrected chi connectivity index (χ1v) is 7.83. The first kappa shape index (κ1) is 17.7. The summed E-state index contributed by atoms with van der Waals surface area (Å²) in [6, 6.07) is 8.46. The quantitative estimate of drug-likeness (QED) is 0.731. The summed E-state index contributed by atoms with van der Waals surface area (Å²) in [6.45, 7) is 10.7. The molecule has 1 atom stereocenters. The molecule has 1 aromatic carbocycles. The van der Waals surface area contributed by atoms with Crippen LogP contribution in [0, 0.1) is 5.92 Å². The van der Waals surface area contributed by atoms with E-state index in [2.05, 4.69) is 53.6 Å². The van der Waals surface area contributed by atoms with Crippen LogP contribution in [0.5, 0.6) is 0 Å². The zero-order chi connectivity index (χ0) is 15.7. The molecule has 0 aromatic heterocycles. The fraction of sp³-hybridized carbons (Fsp3) is 0.588. The summed E-state index contributed by atoms with van der Waals surface area (Å²) in [4.78, 5) is 14.3. The van der Waals surface area contributed by atoms with Gasteiger partial charge in [0.05, 0.1) is 0 Å². The van der Waals surface area contributed by atoms with Crippen LogP contribution in [0.25, 0.3) is 0 Å². The molecule has 1 aromatic rings. The number of amides is 1. The van der Waals surface area contributed by atoms with Crippen molar-refractivity contribution in [1.82, 2.24) is 15.5 Å². The fourth-order valence-electron chi connectivity index (χ4n) is 2.31. The number of nitrogens with zero attached hydrogens (tertiary/aromatic N) is 1. The summed E-state index contributed by atoms with van der Waals surface area (Å²) in [7, 11) is 1.86. The molecule has 4 nitrogen and oxygen atoms in total. The Morgan fingerprint density at radius 2 is 1.90 bits per heavy atom. The maximum atomic E-state index is 11.9. The van der Waals surface area contributed by atoms with Gasteiger partial charge in [-0.25, -0.2) is 0 Å². The molecule has 0 spiro atoms. The molecule has 0 radical (unpaired) electrons. The van der Waals surface area contributed by atoms with Crippen LogP contribution >= 0.6 is 0 Å². The molecular formula is C17H29N3O. The summed E-state index contributed by atoms with van der Waals surface area (Å²) in [6.07, 6.45) is 0. The highest BCUT2D eigenvalue weighted by atomic mass is 16.1. The third kappa shape index (κ3) is 6.27. The van der Waals surface area contributed by atoms with E-state index in [1.54, 1.807) is 0 Å². The molecule has 1 unspecified atom stereocenters. The van der Waals surface area contributed by atoms with Gasteiger partial charge in [0.1, 0.15) is 0 Å². The monoisotopic (exact) mass is 291 g/mol. The molecule has 1 amide bonds. The molecule has 21 heavy (non-hydrogen) atoms. The number of carbonyl (C=O) groups is 1. The van der Waals surface area contributed by atoms with Crippen LogP contribution in [0.3, 0.4) is 0 Å². The van der Waals surface area contributed by atoms with Crippen LogP contribution in [0.2, 0.25) is 0 Å². The average molecular weight is 291 g/mol. The molecule has 0 fully saturated rings. The maximum Gasteiger partial charge on any atom is 0.224 e. The first-order valence-electron chi connectivity index (χ1n) is 7.83. The van der Waals surface area contributed by atoms with Gasteiger partial charge in [-0.2, -0.15) is 0 Å². The Kier molecular flexibility index (Phi) is 8.01. The van der Waals surface area contributed by atoms with Gasteiger partial charge in [-0.15, -0.1) is 0 Å². The second-order valence-electron chi connectivity index (χ2n) is 5.46. The summed E-state index contributed by atoms with van der Waals surface area (Å²) >= 11 is 0. The van der Waals surface area contributed by atoms with Crippen molar-refractivity contribution in [3.8, 4) is 0 Å². The van der Waals surface area contributed by atoms with Crippen molar-refractivity contribution < 1.29 is 4.79 Å². The van der Waals surface area contributed by atoms with E-state index in [1.165, 1.54) is 5.56 Å². The number of hydrogen-bond acceptors (Lipinski definition) is 3. The lowest BCUT2D eigenvalue weighted by Crippen LogP contribution is -2.33. The molecule has 2 N–H and O–H groups in total. The fourth-order valence-corrected chi connectivity index (χ4v) is 2.31. The smallest absolute Gasteiger partial charge is 0.224 e. The Bertz CT molecular complexity index is 430. The number of carbonyl (C=O) groups excluding carboxylic acids is 1. The lowest BCUT2D eigenvalue weighted by Gasteiger charge is -2.18. The Labute approximate surface area is 128 Å². The number of benzene rings is 1. The highest BCUT2D eigenvalue weighted by Crippen LogP contribution is 2.08. The van der Waals surface area contributed by atoms with Crippen LogP contribution in [0.1, 0.15) is 31.9 Å². The van der Waals surface area contributed by atoms with E-state index in [1.807, 2.05) is 14.0 Å². The van der Waals surface area contributed by atoms with Crippen LogP contribution in [0.15, 0.2) is 24.3 Å². The molecular weight excluding hydrogens is 262 g/mol. The highest BCUT2D eigenvalue weighted by molar-refractivity contribution is 5.78. The van der Waals surface area contributed by atoms with Crippen molar-refractivity contribution >= 4 is 5.91 Å². The average Bonchev–Trinajstić information content (AvgIpc) is 2.50. The van der Waals surface area contributed by atoms with E-state index in [9.17, 15) is 4.79 Å². The molecule has 1 rings (SSSR count). The van der Waals surface area contributed by atoms with E-state index < -0.39 is 0 Å². The molecule has 0 heterocycles. The van der Waals surface area contributed by atoms with Gasteiger partial charge in [-0.05, 0) is 31.3 Å². The van der Waals surface area contributed by atoms with Crippen molar-refractivity contribution in [2.24, 2.45) is 5.92 Å². The molecule has 118 valence electrons. The first-order chi connectivity index (χ1) is 10.1. The van der Waals surface area contributed by atoms with Crippen molar-refractivity contribution in [1.29, 1.82) is 0 Å². The third-order valence-electron chi connectivity index (χ3n) is 3.72. The molecule has 0 saturated heterocycles. The zero-order valence-electron chi connectivity index (χ0n) is 13.8. The second kappa shape index (κ2) is 9.53. The summed E-state index contributed by atoms with van der Waals surface area (Å²) in [5.41, 5.74) is 2.46. The van der Waals surface area contributed by atoms with Crippen LogP contribution < -0.4 is 10.6 Å². The Morgan fingerprint density at radius 3 is 2.52 bits per heavy atom. The highest BCUT2D eigenvalue weighted by Gasteiger charge is 2.11. The normalized spacial score (nSPS) is 12.4. The largest absolute Gasteiger partial charge is 0.352 e. The van der Waals surface area contributed by atoms with E-state index in [0.717, 1.165) is 25.2 Å². The molecule has 0 saturated carbocycles. The Balaban J connectivity index is 2.54. The minimum Gasteiger partial charge on any atom is -0.352 e. The van der Waals surface area contributed by atoms with Gasteiger partial charge in [0, 0.05) is 25.6 Å². The van der Waals surface area contributed by atoms with Gasteiger partial charge in [0.15, 0.2) is 0 Å². The Hall–Kier alpha value is -1.39.